The molecule has 3 rings (SSSR count). The lowest BCUT2D eigenvalue weighted by atomic mass is 9.85. The molecule has 0 bridgehead atoms. The van der Waals surface area contributed by atoms with E-state index in [1.165, 1.54) is 0 Å². The highest BCUT2D eigenvalue weighted by molar-refractivity contribution is 5.79. The third-order valence-corrected chi connectivity index (χ3v) is 4.82. The molecule has 1 saturated carbocycles. The van der Waals surface area contributed by atoms with Gasteiger partial charge in [-0.05, 0) is 37.8 Å². The van der Waals surface area contributed by atoms with Crippen molar-refractivity contribution in [3.63, 3.8) is 0 Å². The molecule has 1 saturated heterocycles. The lowest BCUT2D eigenvalue weighted by molar-refractivity contribution is -0.144. The van der Waals surface area contributed by atoms with Crippen LogP contribution in [0.1, 0.15) is 56.1 Å². The molecule has 1 amide bonds. The topological polar surface area (TPSA) is 42.7 Å². The second-order valence-electron chi connectivity index (χ2n) is 6.58. The van der Waals surface area contributed by atoms with E-state index in [9.17, 15) is 13.6 Å². The van der Waals surface area contributed by atoms with Crippen LogP contribution in [0.15, 0.2) is 16.5 Å². The van der Waals surface area contributed by atoms with Crippen LogP contribution in [0, 0.1) is 5.92 Å². The largest absolute Gasteiger partial charge is 0.461 e. The van der Waals surface area contributed by atoms with Gasteiger partial charge in [-0.15, -0.1) is 0 Å². The minimum Gasteiger partial charge on any atom is -0.461 e. The number of ether oxygens (including phenoxy) is 1. The number of carbonyl (C=O) groups excluding carboxylic acids is 1. The molecule has 6 heteroatoms. The molecule has 2 aliphatic rings. The van der Waals surface area contributed by atoms with Crippen LogP contribution in [0.4, 0.5) is 8.78 Å². The Balaban J connectivity index is 1.71. The highest BCUT2D eigenvalue weighted by Gasteiger charge is 2.43. The van der Waals surface area contributed by atoms with Crippen molar-refractivity contribution in [2.75, 3.05) is 13.7 Å². The van der Waals surface area contributed by atoms with Crippen LogP contribution in [0.2, 0.25) is 0 Å². The summed E-state index contributed by atoms with van der Waals surface area (Å²) >= 11 is 0. The van der Waals surface area contributed by atoms with Crippen molar-refractivity contribution in [3.8, 4) is 0 Å². The summed E-state index contributed by atoms with van der Waals surface area (Å²) in [5.41, 5.74) is 0. The van der Waals surface area contributed by atoms with E-state index in [1.807, 2.05) is 12.1 Å². The Morgan fingerprint density at radius 3 is 2.96 bits per heavy atom. The van der Waals surface area contributed by atoms with E-state index in [0.717, 1.165) is 18.6 Å². The Bertz CT molecular complexity index is 558. The summed E-state index contributed by atoms with van der Waals surface area (Å²) in [4.78, 5) is 14.5. The zero-order chi connectivity index (χ0) is 16.4. The molecular formula is C17H23F2NO3. The predicted molar refractivity (Wildman–Crippen MR) is 80.0 cm³/mol. The molecule has 1 aromatic rings. The third kappa shape index (κ3) is 3.57. The van der Waals surface area contributed by atoms with Crippen molar-refractivity contribution in [2.24, 2.45) is 5.92 Å². The van der Waals surface area contributed by atoms with Gasteiger partial charge in [0.1, 0.15) is 18.1 Å². The number of furan rings is 1. The summed E-state index contributed by atoms with van der Waals surface area (Å²) in [5.74, 6) is -1.97. The van der Waals surface area contributed by atoms with E-state index in [0.29, 0.717) is 31.8 Å². The number of methoxy groups -OCH3 is 1. The molecular weight excluding hydrogens is 304 g/mol. The first-order valence-corrected chi connectivity index (χ1v) is 8.26. The second-order valence-corrected chi connectivity index (χ2v) is 6.58. The summed E-state index contributed by atoms with van der Waals surface area (Å²) in [6.07, 6.45) is 2.25. The molecule has 0 radical (unpaired) electrons. The SMILES string of the molecule is COCc1ccc([C@@H]2CCCN2C(=O)[C@@H]2CCCC(F)(F)C2)o1. The number of halogens is 2. The Kier molecular flexibility index (Phi) is 4.71. The van der Waals surface area contributed by atoms with E-state index in [1.54, 1.807) is 12.0 Å². The van der Waals surface area contributed by atoms with Gasteiger partial charge in [-0.1, -0.05) is 0 Å². The van der Waals surface area contributed by atoms with Gasteiger partial charge in [0.15, 0.2) is 0 Å². The average Bonchev–Trinajstić information content (AvgIpc) is 3.14. The highest BCUT2D eigenvalue weighted by atomic mass is 19.3. The van der Waals surface area contributed by atoms with Crippen LogP contribution in [0.3, 0.4) is 0 Å². The van der Waals surface area contributed by atoms with Gasteiger partial charge in [-0.2, -0.15) is 0 Å². The summed E-state index contributed by atoms with van der Waals surface area (Å²) in [6.45, 7) is 1.00. The van der Waals surface area contributed by atoms with E-state index < -0.39 is 11.8 Å². The third-order valence-electron chi connectivity index (χ3n) is 4.82. The van der Waals surface area contributed by atoms with Crippen molar-refractivity contribution in [1.29, 1.82) is 0 Å². The molecule has 0 aromatic carbocycles. The average molecular weight is 327 g/mol. The number of carbonyl (C=O) groups is 1. The quantitative estimate of drug-likeness (QED) is 0.842. The molecule has 1 aliphatic carbocycles. The first-order chi connectivity index (χ1) is 11.0. The highest BCUT2D eigenvalue weighted by Crippen LogP contribution is 2.40. The van der Waals surface area contributed by atoms with Crippen LogP contribution in [-0.2, 0) is 16.1 Å². The van der Waals surface area contributed by atoms with E-state index >= 15 is 0 Å². The maximum absolute atomic E-state index is 13.6. The molecule has 0 unspecified atom stereocenters. The lowest BCUT2D eigenvalue weighted by Crippen LogP contribution is -2.40. The smallest absolute Gasteiger partial charge is 0.248 e. The van der Waals surface area contributed by atoms with E-state index in [4.69, 9.17) is 9.15 Å². The fourth-order valence-corrected chi connectivity index (χ4v) is 3.74. The second kappa shape index (κ2) is 6.59. The minimum absolute atomic E-state index is 0.0984. The number of hydrogen-bond acceptors (Lipinski definition) is 3. The molecule has 2 fully saturated rings. The van der Waals surface area contributed by atoms with E-state index in [-0.39, 0.29) is 24.8 Å². The van der Waals surface area contributed by atoms with Gasteiger partial charge in [0.05, 0.1) is 6.04 Å². The predicted octanol–water partition coefficient (Wildman–Crippen LogP) is 3.92. The number of hydrogen-bond donors (Lipinski definition) is 0. The van der Waals surface area contributed by atoms with Gasteiger partial charge < -0.3 is 14.1 Å². The molecule has 1 aromatic heterocycles. The lowest BCUT2D eigenvalue weighted by Gasteiger charge is -2.32. The van der Waals surface area contributed by atoms with Gasteiger partial charge in [-0.3, -0.25) is 4.79 Å². The summed E-state index contributed by atoms with van der Waals surface area (Å²) in [5, 5.41) is 0. The van der Waals surface area contributed by atoms with Crippen LogP contribution in [0.25, 0.3) is 0 Å². The van der Waals surface area contributed by atoms with Gasteiger partial charge in [0, 0.05) is 32.4 Å². The van der Waals surface area contributed by atoms with Crippen LogP contribution < -0.4 is 0 Å². The Hall–Kier alpha value is -1.43. The monoisotopic (exact) mass is 327 g/mol. The minimum atomic E-state index is -2.70. The van der Waals surface area contributed by atoms with E-state index in [2.05, 4.69) is 0 Å². The van der Waals surface area contributed by atoms with Crippen molar-refractivity contribution in [3.05, 3.63) is 23.7 Å². The Labute approximate surface area is 134 Å². The molecule has 1 aliphatic heterocycles. The first-order valence-electron chi connectivity index (χ1n) is 8.26. The zero-order valence-corrected chi connectivity index (χ0v) is 13.4. The molecule has 23 heavy (non-hydrogen) atoms. The van der Waals surface area contributed by atoms with Gasteiger partial charge in [0.25, 0.3) is 0 Å². The Morgan fingerprint density at radius 1 is 1.39 bits per heavy atom. The molecule has 0 N–H and O–H groups in total. The van der Waals surface area contributed by atoms with Crippen molar-refractivity contribution >= 4 is 5.91 Å². The maximum atomic E-state index is 13.6. The summed E-state index contributed by atoms with van der Waals surface area (Å²) in [6, 6.07) is 3.57. The van der Waals surface area contributed by atoms with Crippen molar-refractivity contribution < 1.29 is 22.7 Å². The normalized spacial score (nSPS) is 27.3. The van der Waals surface area contributed by atoms with Crippen LogP contribution >= 0.6 is 0 Å². The van der Waals surface area contributed by atoms with Gasteiger partial charge in [0.2, 0.25) is 11.8 Å². The maximum Gasteiger partial charge on any atom is 0.248 e. The zero-order valence-electron chi connectivity index (χ0n) is 13.4. The van der Waals surface area contributed by atoms with Gasteiger partial charge >= 0.3 is 0 Å². The number of alkyl halides is 2. The molecule has 128 valence electrons. The fraction of sp³-hybridized carbons (Fsp3) is 0.706. The molecule has 0 spiro atoms. The fourth-order valence-electron chi connectivity index (χ4n) is 3.74. The number of likely N-dealkylation sites (tertiary alicyclic amines) is 1. The van der Waals surface area contributed by atoms with Crippen molar-refractivity contribution in [1.82, 2.24) is 4.90 Å². The molecule has 4 nitrogen and oxygen atoms in total. The molecule has 2 atom stereocenters. The Morgan fingerprint density at radius 2 is 2.22 bits per heavy atom. The first kappa shape index (κ1) is 16.4. The van der Waals surface area contributed by atoms with Crippen LogP contribution in [0.5, 0.6) is 0 Å². The van der Waals surface area contributed by atoms with Gasteiger partial charge in [-0.25, -0.2) is 8.78 Å². The van der Waals surface area contributed by atoms with Crippen LogP contribution in [-0.4, -0.2) is 30.4 Å². The number of amides is 1. The summed E-state index contributed by atoms with van der Waals surface area (Å²) in [7, 11) is 1.59. The van der Waals surface area contributed by atoms with Crippen molar-refractivity contribution in [2.45, 2.75) is 57.1 Å². The summed E-state index contributed by atoms with van der Waals surface area (Å²) < 4.78 is 38.0. The number of rotatable bonds is 4. The standard InChI is InChI=1S/C17H23F2NO3/c1-22-11-13-6-7-15(23-13)14-5-3-9-20(14)16(21)12-4-2-8-17(18,19)10-12/h6-7,12,14H,2-5,8-11H2,1H3/t12-,14+/m1/s1. The molecule has 2 heterocycles. The number of nitrogens with zero attached hydrogens (tertiary/aromatic N) is 1.